The van der Waals surface area contributed by atoms with Crippen LogP contribution in [0, 0.1) is 12.7 Å². The Morgan fingerprint density at radius 1 is 0.976 bits per heavy atom. The number of nitrogens with zero attached hydrogens (tertiary/aromatic N) is 2. The zero-order chi connectivity index (χ0) is 30.0. The fourth-order valence-electron chi connectivity index (χ4n) is 4.59. The molecule has 0 bridgehead atoms. The maximum Gasteiger partial charge on any atom is 0.243 e. The number of hydrogen-bond donors (Lipinski definition) is 1. The minimum atomic E-state index is -3.60. The Hall–Kier alpha value is -3.72. The van der Waals surface area contributed by atoms with Gasteiger partial charge in [0.2, 0.25) is 21.8 Å². The van der Waals surface area contributed by atoms with Gasteiger partial charge in [-0.25, -0.2) is 12.8 Å². The number of halogens is 1. The Labute approximate surface area is 243 Å². The topological polar surface area (TPSA) is 86.8 Å². The van der Waals surface area contributed by atoms with Crippen molar-refractivity contribution in [2.24, 2.45) is 0 Å². The normalized spacial score (nSPS) is 12.8. The standard InChI is InChI=1S/C32H40FN3O4S/c1-5-25(3)34-32(38)30(22-26-14-7-6-8-15-26)35(23-27-16-9-10-18-29(27)33)31(37)19-12-20-36(41(4,39)40)28-17-11-13-24(2)21-28/h6-11,13-18,21,25,30H,5,12,19-20,22-23H2,1-4H3,(H,34,38)/t25-,30-/m1/s1. The third-order valence-corrected chi connectivity index (χ3v) is 8.21. The van der Waals surface area contributed by atoms with Crippen molar-refractivity contribution in [3.05, 3.63) is 101 Å². The van der Waals surface area contributed by atoms with Gasteiger partial charge in [-0.3, -0.25) is 13.9 Å². The summed E-state index contributed by atoms with van der Waals surface area (Å²) in [7, 11) is -3.60. The second-order valence-electron chi connectivity index (χ2n) is 10.4. The molecule has 0 saturated carbocycles. The van der Waals surface area contributed by atoms with Gasteiger partial charge in [-0.15, -0.1) is 0 Å². The van der Waals surface area contributed by atoms with Gasteiger partial charge < -0.3 is 10.2 Å². The Bertz CT molecular complexity index is 1420. The van der Waals surface area contributed by atoms with Crippen molar-refractivity contribution in [2.45, 2.75) is 65.1 Å². The summed E-state index contributed by atoms with van der Waals surface area (Å²) in [5.41, 5.74) is 2.61. The van der Waals surface area contributed by atoms with Gasteiger partial charge in [-0.05, 0) is 56.0 Å². The summed E-state index contributed by atoms with van der Waals surface area (Å²) in [5, 5.41) is 2.99. The zero-order valence-electron chi connectivity index (χ0n) is 24.2. The van der Waals surface area contributed by atoms with Gasteiger partial charge in [0.1, 0.15) is 11.9 Å². The van der Waals surface area contributed by atoms with Crippen molar-refractivity contribution in [1.82, 2.24) is 10.2 Å². The predicted octanol–water partition coefficient (Wildman–Crippen LogP) is 5.24. The Kier molecular flexibility index (Phi) is 11.5. The third-order valence-electron chi connectivity index (χ3n) is 7.01. The lowest BCUT2D eigenvalue weighted by Gasteiger charge is -2.33. The second kappa shape index (κ2) is 14.8. The van der Waals surface area contributed by atoms with Crippen molar-refractivity contribution in [2.75, 3.05) is 17.1 Å². The summed E-state index contributed by atoms with van der Waals surface area (Å²) in [6.45, 7) is 5.73. The Morgan fingerprint density at radius 3 is 2.29 bits per heavy atom. The van der Waals surface area contributed by atoms with E-state index in [9.17, 15) is 22.4 Å². The van der Waals surface area contributed by atoms with Crippen LogP contribution in [0.2, 0.25) is 0 Å². The predicted molar refractivity (Wildman–Crippen MR) is 161 cm³/mol. The monoisotopic (exact) mass is 581 g/mol. The number of rotatable bonds is 14. The van der Waals surface area contributed by atoms with E-state index in [0.717, 1.165) is 17.4 Å². The maximum absolute atomic E-state index is 14.8. The van der Waals surface area contributed by atoms with Crippen LogP contribution in [-0.4, -0.2) is 50.0 Å². The van der Waals surface area contributed by atoms with Gasteiger partial charge in [0.15, 0.2) is 0 Å². The summed E-state index contributed by atoms with van der Waals surface area (Å²) in [5.74, 6) is -1.13. The van der Waals surface area contributed by atoms with E-state index < -0.39 is 21.9 Å². The molecule has 2 amide bonds. The molecule has 1 N–H and O–H groups in total. The number of hydrogen-bond acceptors (Lipinski definition) is 4. The first-order valence-corrected chi connectivity index (χ1v) is 15.8. The van der Waals surface area contributed by atoms with Crippen molar-refractivity contribution in [1.29, 1.82) is 0 Å². The van der Waals surface area contributed by atoms with Crippen LogP contribution in [0.1, 0.15) is 49.8 Å². The fraction of sp³-hybridized carbons (Fsp3) is 0.375. The van der Waals surface area contributed by atoms with Crippen molar-refractivity contribution in [3.8, 4) is 0 Å². The number of anilines is 1. The van der Waals surface area contributed by atoms with Crippen LogP contribution >= 0.6 is 0 Å². The molecule has 0 radical (unpaired) electrons. The van der Waals surface area contributed by atoms with E-state index in [-0.39, 0.29) is 50.2 Å². The molecular weight excluding hydrogens is 541 g/mol. The number of amides is 2. The van der Waals surface area contributed by atoms with E-state index in [1.54, 1.807) is 36.4 Å². The summed E-state index contributed by atoms with van der Waals surface area (Å²) < 4.78 is 41.2. The zero-order valence-corrected chi connectivity index (χ0v) is 25.0. The van der Waals surface area contributed by atoms with E-state index in [2.05, 4.69) is 5.32 Å². The Morgan fingerprint density at radius 2 is 1.66 bits per heavy atom. The summed E-state index contributed by atoms with van der Waals surface area (Å²) >= 11 is 0. The molecule has 0 aliphatic rings. The molecule has 0 spiro atoms. The maximum atomic E-state index is 14.8. The SMILES string of the molecule is CC[C@@H](C)NC(=O)[C@@H](Cc1ccccc1)N(Cc1ccccc1F)C(=O)CCCN(c1cccc(C)c1)S(C)(=O)=O. The van der Waals surface area contributed by atoms with E-state index in [1.165, 1.54) is 15.3 Å². The smallest absolute Gasteiger partial charge is 0.243 e. The molecule has 2 atom stereocenters. The summed E-state index contributed by atoms with van der Waals surface area (Å²) in [6.07, 6.45) is 2.30. The van der Waals surface area contributed by atoms with Crippen LogP contribution in [0.25, 0.3) is 0 Å². The number of carbonyl (C=O) groups excluding carboxylic acids is 2. The van der Waals surface area contributed by atoms with Crippen LogP contribution in [0.3, 0.4) is 0 Å². The molecule has 0 heterocycles. The van der Waals surface area contributed by atoms with Crippen LogP contribution < -0.4 is 9.62 Å². The van der Waals surface area contributed by atoms with Gasteiger partial charge in [-0.1, -0.05) is 67.6 Å². The van der Waals surface area contributed by atoms with E-state index in [1.807, 2.05) is 57.2 Å². The number of sulfonamides is 1. The largest absolute Gasteiger partial charge is 0.352 e. The van der Waals surface area contributed by atoms with Gasteiger partial charge in [-0.2, -0.15) is 0 Å². The molecule has 41 heavy (non-hydrogen) atoms. The fourth-order valence-corrected chi connectivity index (χ4v) is 5.55. The highest BCUT2D eigenvalue weighted by Gasteiger charge is 2.31. The van der Waals surface area contributed by atoms with Gasteiger partial charge in [0, 0.05) is 37.5 Å². The van der Waals surface area contributed by atoms with E-state index >= 15 is 0 Å². The highest BCUT2D eigenvalue weighted by molar-refractivity contribution is 7.92. The molecule has 0 aromatic heterocycles. The molecular formula is C32H40FN3O4S. The minimum absolute atomic E-state index is 0.0197. The number of carbonyl (C=O) groups is 2. The van der Waals surface area contributed by atoms with Crippen LogP contribution in [0.5, 0.6) is 0 Å². The van der Waals surface area contributed by atoms with Crippen molar-refractivity contribution < 1.29 is 22.4 Å². The molecule has 7 nitrogen and oxygen atoms in total. The molecule has 0 fully saturated rings. The lowest BCUT2D eigenvalue weighted by atomic mass is 10.0. The van der Waals surface area contributed by atoms with Crippen LogP contribution in [-0.2, 0) is 32.6 Å². The molecule has 9 heteroatoms. The van der Waals surface area contributed by atoms with Crippen molar-refractivity contribution >= 4 is 27.5 Å². The van der Waals surface area contributed by atoms with Gasteiger partial charge in [0.05, 0.1) is 11.9 Å². The molecule has 0 aliphatic heterocycles. The van der Waals surface area contributed by atoms with Crippen LogP contribution in [0.4, 0.5) is 10.1 Å². The number of aryl methyl sites for hydroxylation is 1. The van der Waals surface area contributed by atoms with Crippen LogP contribution in [0.15, 0.2) is 78.9 Å². The molecule has 3 aromatic carbocycles. The highest BCUT2D eigenvalue weighted by atomic mass is 32.2. The number of benzene rings is 3. The van der Waals surface area contributed by atoms with Gasteiger partial charge in [0.25, 0.3) is 0 Å². The average Bonchev–Trinajstić information content (AvgIpc) is 2.93. The summed E-state index contributed by atoms with van der Waals surface area (Å²) in [4.78, 5) is 28.8. The summed E-state index contributed by atoms with van der Waals surface area (Å²) in [6, 6.07) is 21.8. The number of nitrogens with one attached hydrogen (secondary N) is 1. The lowest BCUT2D eigenvalue weighted by molar-refractivity contribution is -0.141. The molecule has 3 rings (SSSR count). The first kappa shape index (κ1) is 31.8. The second-order valence-corrected chi connectivity index (χ2v) is 12.3. The quantitative estimate of drug-likeness (QED) is 0.282. The highest BCUT2D eigenvalue weighted by Crippen LogP contribution is 2.22. The van der Waals surface area contributed by atoms with E-state index in [4.69, 9.17) is 0 Å². The molecule has 220 valence electrons. The minimum Gasteiger partial charge on any atom is -0.352 e. The first-order valence-electron chi connectivity index (χ1n) is 13.9. The van der Waals surface area contributed by atoms with Gasteiger partial charge >= 0.3 is 0 Å². The molecule has 0 unspecified atom stereocenters. The molecule has 0 saturated heterocycles. The lowest BCUT2D eigenvalue weighted by Crippen LogP contribution is -2.52. The average molecular weight is 582 g/mol. The molecule has 0 aliphatic carbocycles. The van der Waals surface area contributed by atoms with E-state index in [0.29, 0.717) is 17.7 Å². The Balaban J connectivity index is 1.90. The van der Waals surface area contributed by atoms with Crippen molar-refractivity contribution in [3.63, 3.8) is 0 Å². The first-order chi connectivity index (χ1) is 19.5. The molecule has 3 aromatic rings. The third kappa shape index (κ3) is 9.42.